The second-order valence-corrected chi connectivity index (χ2v) is 5.72. The van der Waals surface area contributed by atoms with Gasteiger partial charge in [0.25, 0.3) is 0 Å². The standard InChI is InChI=1S/C15H8Br2O/c16-12-8-7-10-6-5-9-3-1-2-4-11(9)15(18)13(10)14(12)17/h1-8H. The Balaban J connectivity index is 2.69. The van der Waals surface area contributed by atoms with E-state index in [1.54, 1.807) is 0 Å². The van der Waals surface area contributed by atoms with E-state index in [-0.39, 0.29) is 5.43 Å². The fourth-order valence-electron chi connectivity index (χ4n) is 2.10. The lowest BCUT2D eigenvalue weighted by Gasteiger charge is -1.98. The van der Waals surface area contributed by atoms with Gasteiger partial charge in [-0.3, -0.25) is 4.79 Å². The lowest BCUT2D eigenvalue weighted by Crippen LogP contribution is -1.99. The van der Waals surface area contributed by atoms with Gasteiger partial charge in [0.15, 0.2) is 5.43 Å². The molecule has 0 atom stereocenters. The third-order valence-electron chi connectivity index (χ3n) is 3.00. The first-order valence-corrected chi connectivity index (χ1v) is 7.07. The average molecular weight is 364 g/mol. The Morgan fingerprint density at radius 3 is 2.28 bits per heavy atom. The number of halogens is 2. The molecule has 3 heteroatoms. The fourth-order valence-corrected chi connectivity index (χ4v) is 2.97. The summed E-state index contributed by atoms with van der Waals surface area (Å²) in [5, 5.41) is 3.35. The van der Waals surface area contributed by atoms with Crippen molar-refractivity contribution in [3.63, 3.8) is 0 Å². The Hall–Kier alpha value is -1.19. The molecule has 3 rings (SSSR count). The SMILES string of the molecule is O=c1c2ccccc2ccc2ccc(Br)c(Br)c12. The Morgan fingerprint density at radius 1 is 0.778 bits per heavy atom. The minimum absolute atomic E-state index is 0.0544. The zero-order valence-electron chi connectivity index (χ0n) is 9.28. The third-order valence-corrected chi connectivity index (χ3v) is 5.02. The van der Waals surface area contributed by atoms with Gasteiger partial charge in [0.2, 0.25) is 0 Å². The quantitative estimate of drug-likeness (QED) is 0.556. The van der Waals surface area contributed by atoms with Crippen LogP contribution in [0.4, 0.5) is 0 Å². The van der Waals surface area contributed by atoms with Crippen molar-refractivity contribution in [1.82, 2.24) is 0 Å². The highest BCUT2D eigenvalue weighted by Gasteiger charge is 2.07. The summed E-state index contributed by atoms with van der Waals surface area (Å²) in [6.07, 6.45) is 0. The highest BCUT2D eigenvalue weighted by Crippen LogP contribution is 2.29. The van der Waals surface area contributed by atoms with E-state index in [9.17, 15) is 4.79 Å². The van der Waals surface area contributed by atoms with E-state index >= 15 is 0 Å². The Labute approximate surface area is 121 Å². The van der Waals surface area contributed by atoms with E-state index in [1.165, 1.54) is 0 Å². The second-order valence-electron chi connectivity index (χ2n) is 4.08. The maximum absolute atomic E-state index is 12.6. The molecular formula is C15H8Br2O. The Bertz CT molecular complexity index is 825. The Morgan fingerprint density at radius 2 is 1.44 bits per heavy atom. The number of rotatable bonds is 0. The van der Waals surface area contributed by atoms with Gasteiger partial charge in [-0.1, -0.05) is 42.5 Å². The van der Waals surface area contributed by atoms with Crippen LogP contribution in [0, 0.1) is 0 Å². The third kappa shape index (κ3) is 1.78. The van der Waals surface area contributed by atoms with Crippen LogP contribution in [0.3, 0.4) is 0 Å². The van der Waals surface area contributed by atoms with Gasteiger partial charge in [0, 0.05) is 19.7 Å². The van der Waals surface area contributed by atoms with Crippen LogP contribution in [0.25, 0.3) is 21.5 Å². The maximum Gasteiger partial charge on any atom is 0.195 e. The molecule has 0 spiro atoms. The number of hydrogen-bond donors (Lipinski definition) is 0. The molecule has 18 heavy (non-hydrogen) atoms. The van der Waals surface area contributed by atoms with Crippen molar-refractivity contribution in [2.24, 2.45) is 0 Å². The van der Waals surface area contributed by atoms with Crippen molar-refractivity contribution >= 4 is 53.4 Å². The molecule has 0 aliphatic rings. The zero-order valence-corrected chi connectivity index (χ0v) is 12.5. The summed E-state index contributed by atoms with van der Waals surface area (Å²) in [5.41, 5.74) is 0.0544. The smallest absolute Gasteiger partial charge is 0.195 e. The molecule has 0 unspecified atom stereocenters. The second kappa shape index (κ2) is 4.48. The van der Waals surface area contributed by atoms with Crippen molar-refractivity contribution in [2.45, 2.75) is 0 Å². The van der Waals surface area contributed by atoms with Crippen molar-refractivity contribution in [3.8, 4) is 0 Å². The largest absolute Gasteiger partial charge is 0.289 e. The zero-order chi connectivity index (χ0) is 12.7. The molecule has 88 valence electrons. The summed E-state index contributed by atoms with van der Waals surface area (Å²) >= 11 is 6.94. The van der Waals surface area contributed by atoms with Crippen LogP contribution in [0.5, 0.6) is 0 Å². The summed E-state index contributed by atoms with van der Waals surface area (Å²) in [7, 11) is 0. The van der Waals surface area contributed by atoms with Gasteiger partial charge in [-0.25, -0.2) is 0 Å². The van der Waals surface area contributed by atoms with Crippen LogP contribution in [0.2, 0.25) is 0 Å². The Kier molecular flexibility index (Phi) is 2.96. The van der Waals surface area contributed by atoms with E-state index in [0.29, 0.717) is 5.39 Å². The molecule has 0 amide bonds. The van der Waals surface area contributed by atoms with Gasteiger partial charge in [-0.15, -0.1) is 0 Å². The first-order valence-electron chi connectivity index (χ1n) is 5.48. The van der Waals surface area contributed by atoms with Crippen LogP contribution < -0.4 is 5.43 Å². The van der Waals surface area contributed by atoms with Crippen molar-refractivity contribution in [2.75, 3.05) is 0 Å². The molecule has 0 fully saturated rings. The summed E-state index contributed by atoms with van der Waals surface area (Å²) in [4.78, 5) is 12.6. The molecule has 0 N–H and O–H groups in total. The van der Waals surface area contributed by atoms with Gasteiger partial charge in [0.1, 0.15) is 0 Å². The number of hydrogen-bond acceptors (Lipinski definition) is 1. The van der Waals surface area contributed by atoms with Gasteiger partial charge in [-0.05, 0) is 48.7 Å². The first-order chi connectivity index (χ1) is 8.68. The summed E-state index contributed by atoms with van der Waals surface area (Å²) < 4.78 is 1.70. The van der Waals surface area contributed by atoms with Gasteiger partial charge >= 0.3 is 0 Å². The molecule has 0 heterocycles. The number of fused-ring (bicyclic) bond motifs is 2. The van der Waals surface area contributed by atoms with E-state index < -0.39 is 0 Å². The van der Waals surface area contributed by atoms with Crippen molar-refractivity contribution in [3.05, 3.63) is 67.7 Å². The molecular weight excluding hydrogens is 356 g/mol. The highest BCUT2D eigenvalue weighted by atomic mass is 79.9. The molecule has 3 aromatic carbocycles. The van der Waals surface area contributed by atoms with Crippen LogP contribution in [0.15, 0.2) is 62.3 Å². The monoisotopic (exact) mass is 362 g/mol. The normalized spacial score (nSPS) is 11.0. The van der Waals surface area contributed by atoms with Crippen molar-refractivity contribution < 1.29 is 0 Å². The summed E-state index contributed by atoms with van der Waals surface area (Å²) in [6, 6.07) is 15.5. The van der Waals surface area contributed by atoms with Crippen LogP contribution in [0.1, 0.15) is 0 Å². The van der Waals surface area contributed by atoms with Gasteiger partial charge < -0.3 is 0 Å². The van der Waals surface area contributed by atoms with E-state index in [4.69, 9.17) is 0 Å². The molecule has 0 saturated carbocycles. The maximum atomic E-state index is 12.6. The minimum atomic E-state index is 0.0544. The highest BCUT2D eigenvalue weighted by molar-refractivity contribution is 9.13. The lowest BCUT2D eigenvalue weighted by atomic mass is 10.1. The topological polar surface area (TPSA) is 17.1 Å². The molecule has 1 nitrogen and oxygen atoms in total. The molecule has 0 bridgehead atoms. The first kappa shape index (κ1) is 11.9. The fraction of sp³-hybridized carbons (Fsp3) is 0. The van der Waals surface area contributed by atoms with Gasteiger partial charge in [-0.2, -0.15) is 0 Å². The molecule has 3 aromatic rings. The molecule has 0 radical (unpaired) electrons. The lowest BCUT2D eigenvalue weighted by molar-refractivity contribution is 1.65. The molecule has 0 aliphatic heterocycles. The summed E-state index contributed by atoms with van der Waals surface area (Å²) in [6.45, 7) is 0. The van der Waals surface area contributed by atoms with Crippen molar-refractivity contribution in [1.29, 1.82) is 0 Å². The van der Waals surface area contributed by atoms with E-state index in [1.807, 2.05) is 48.5 Å². The van der Waals surface area contributed by atoms with E-state index in [0.717, 1.165) is 25.1 Å². The van der Waals surface area contributed by atoms with Crippen LogP contribution >= 0.6 is 31.9 Å². The molecule has 0 saturated heterocycles. The predicted molar refractivity (Wildman–Crippen MR) is 83.1 cm³/mol. The average Bonchev–Trinajstić information content (AvgIpc) is 2.53. The molecule has 0 aromatic heterocycles. The van der Waals surface area contributed by atoms with Crippen LogP contribution in [-0.4, -0.2) is 0 Å². The predicted octanol–water partition coefficient (Wildman–Crippen LogP) is 4.88. The van der Waals surface area contributed by atoms with Crippen LogP contribution in [-0.2, 0) is 0 Å². The number of benzene rings is 2. The minimum Gasteiger partial charge on any atom is -0.289 e. The van der Waals surface area contributed by atoms with E-state index in [2.05, 4.69) is 31.9 Å². The molecule has 0 aliphatic carbocycles. The summed E-state index contributed by atoms with van der Waals surface area (Å²) in [5.74, 6) is 0. The van der Waals surface area contributed by atoms with Gasteiger partial charge in [0.05, 0.1) is 0 Å².